The van der Waals surface area contributed by atoms with Crippen LogP contribution in [0, 0.1) is 0 Å². The monoisotopic (exact) mass is 342 g/mol. The van der Waals surface area contributed by atoms with Gasteiger partial charge in [0.2, 0.25) is 0 Å². The van der Waals surface area contributed by atoms with E-state index in [9.17, 15) is 4.79 Å². The highest BCUT2D eigenvalue weighted by molar-refractivity contribution is 6.35. The van der Waals surface area contributed by atoms with Crippen LogP contribution < -0.4 is 10.1 Å². The largest absolute Gasteiger partial charge is 0.479 e. The number of hydrogen-bond acceptors (Lipinski definition) is 4. The number of aryl methyl sites for hydroxylation is 1. The van der Waals surface area contributed by atoms with Crippen molar-refractivity contribution in [2.75, 3.05) is 6.54 Å². The van der Waals surface area contributed by atoms with E-state index < -0.39 is 6.10 Å². The number of aromatic nitrogens is 3. The maximum Gasteiger partial charge on any atom is 0.260 e. The molecule has 0 saturated carbocycles. The molecule has 6 nitrogen and oxygen atoms in total. The average molecular weight is 343 g/mol. The minimum atomic E-state index is -0.648. The van der Waals surface area contributed by atoms with Gasteiger partial charge in [0.1, 0.15) is 18.4 Å². The number of hydrogen-bond donors (Lipinski definition) is 1. The van der Waals surface area contributed by atoms with Crippen LogP contribution >= 0.6 is 23.2 Å². The first kappa shape index (κ1) is 16.6. The second kappa shape index (κ2) is 8.00. The first-order valence-electron chi connectivity index (χ1n) is 6.78. The molecule has 0 aliphatic heterocycles. The van der Waals surface area contributed by atoms with Gasteiger partial charge in [-0.05, 0) is 31.5 Å². The van der Waals surface area contributed by atoms with Crippen LogP contribution in [0.15, 0.2) is 30.9 Å². The quantitative estimate of drug-likeness (QED) is 0.785. The van der Waals surface area contributed by atoms with Crippen molar-refractivity contribution in [3.05, 3.63) is 40.9 Å². The summed E-state index contributed by atoms with van der Waals surface area (Å²) in [5, 5.41) is 7.67. The summed E-state index contributed by atoms with van der Waals surface area (Å²) in [6, 6.07) is 4.87. The van der Waals surface area contributed by atoms with Crippen molar-refractivity contribution in [2.24, 2.45) is 0 Å². The summed E-state index contributed by atoms with van der Waals surface area (Å²) in [7, 11) is 0. The lowest BCUT2D eigenvalue weighted by Gasteiger charge is -2.15. The minimum absolute atomic E-state index is 0.204. The van der Waals surface area contributed by atoms with Crippen molar-refractivity contribution in [2.45, 2.75) is 26.0 Å². The third kappa shape index (κ3) is 4.89. The summed E-state index contributed by atoms with van der Waals surface area (Å²) >= 11 is 11.8. The van der Waals surface area contributed by atoms with Gasteiger partial charge in [0.25, 0.3) is 5.91 Å². The third-order valence-electron chi connectivity index (χ3n) is 2.90. The number of benzene rings is 1. The number of carbonyl (C=O) groups excluding carboxylic acids is 1. The molecule has 1 heterocycles. The van der Waals surface area contributed by atoms with E-state index in [1.54, 1.807) is 36.1 Å². The molecule has 22 heavy (non-hydrogen) atoms. The highest BCUT2D eigenvalue weighted by atomic mass is 35.5. The summed E-state index contributed by atoms with van der Waals surface area (Å²) in [5.41, 5.74) is 0. The highest BCUT2D eigenvalue weighted by Crippen LogP contribution is 2.28. The van der Waals surface area contributed by atoms with E-state index in [1.165, 1.54) is 6.33 Å². The Morgan fingerprint density at radius 3 is 2.95 bits per heavy atom. The molecular weight excluding hydrogens is 327 g/mol. The van der Waals surface area contributed by atoms with E-state index >= 15 is 0 Å². The normalized spacial score (nSPS) is 12.0. The van der Waals surface area contributed by atoms with Crippen molar-refractivity contribution in [1.29, 1.82) is 0 Å². The molecule has 0 aliphatic rings. The van der Waals surface area contributed by atoms with Gasteiger partial charge in [-0.3, -0.25) is 9.48 Å². The third-order valence-corrected chi connectivity index (χ3v) is 3.43. The van der Waals surface area contributed by atoms with E-state index in [4.69, 9.17) is 27.9 Å². The molecule has 0 aliphatic carbocycles. The Bertz CT molecular complexity index is 619. The van der Waals surface area contributed by atoms with Crippen molar-refractivity contribution < 1.29 is 9.53 Å². The minimum Gasteiger partial charge on any atom is -0.479 e. The van der Waals surface area contributed by atoms with Gasteiger partial charge < -0.3 is 10.1 Å². The van der Waals surface area contributed by atoms with E-state index in [1.807, 2.05) is 0 Å². The molecule has 118 valence electrons. The Labute approximate surface area is 138 Å². The van der Waals surface area contributed by atoms with Gasteiger partial charge in [0, 0.05) is 18.1 Å². The summed E-state index contributed by atoms with van der Waals surface area (Å²) in [6.45, 7) is 2.89. The molecule has 1 N–H and O–H groups in total. The van der Waals surface area contributed by atoms with Gasteiger partial charge >= 0.3 is 0 Å². The average Bonchev–Trinajstić information content (AvgIpc) is 2.99. The molecule has 2 rings (SSSR count). The van der Waals surface area contributed by atoms with E-state index in [2.05, 4.69) is 15.4 Å². The van der Waals surface area contributed by atoms with Gasteiger partial charge in [0.15, 0.2) is 6.10 Å². The molecule has 0 radical (unpaired) electrons. The van der Waals surface area contributed by atoms with Crippen LogP contribution in [0.1, 0.15) is 13.3 Å². The fraction of sp³-hybridized carbons (Fsp3) is 0.357. The molecule has 1 aromatic heterocycles. The zero-order valence-electron chi connectivity index (χ0n) is 12.0. The van der Waals surface area contributed by atoms with Gasteiger partial charge in [-0.25, -0.2) is 4.98 Å². The van der Waals surface area contributed by atoms with Crippen LogP contribution in [0.25, 0.3) is 0 Å². The molecule has 0 fully saturated rings. The fourth-order valence-corrected chi connectivity index (χ4v) is 2.21. The predicted molar refractivity (Wildman–Crippen MR) is 84.2 cm³/mol. The van der Waals surface area contributed by atoms with E-state index in [0.717, 1.165) is 6.42 Å². The van der Waals surface area contributed by atoms with Crippen molar-refractivity contribution in [3.63, 3.8) is 0 Å². The summed E-state index contributed by atoms with van der Waals surface area (Å²) in [4.78, 5) is 15.8. The SMILES string of the molecule is CC(Oc1ccc(Cl)cc1Cl)C(=O)NCCCn1cncn1. The maximum atomic E-state index is 11.9. The molecule has 1 unspecified atom stereocenters. The van der Waals surface area contributed by atoms with E-state index in [0.29, 0.717) is 28.9 Å². The van der Waals surface area contributed by atoms with Crippen LogP contribution in [-0.4, -0.2) is 33.3 Å². The number of nitrogens with one attached hydrogen (secondary N) is 1. The van der Waals surface area contributed by atoms with Gasteiger partial charge in [-0.15, -0.1) is 0 Å². The lowest BCUT2D eigenvalue weighted by molar-refractivity contribution is -0.127. The molecule has 8 heteroatoms. The maximum absolute atomic E-state index is 11.9. The molecule has 0 saturated heterocycles. The fourth-order valence-electron chi connectivity index (χ4n) is 1.76. The molecule has 1 atom stereocenters. The van der Waals surface area contributed by atoms with Gasteiger partial charge in [-0.2, -0.15) is 5.10 Å². The Balaban J connectivity index is 1.74. The molecule has 2 aromatic rings. The van der Waals surface area contributed by atoms with Crippen LogP contribution in [0.2, 0.25) is 10.0 Å². The number of carbonyl (C=O) groups is 1. The zero-order valence-corrected chi connectivity index (χ0v) is 13.5. The second-order valence-electron chi connectivity index (χ2n) is 4.64. The zero-order chi connectivity index (χ0) is 15.9. The van der Waals surface area contributed by atoms with Crippen LogP contribution in [0.3, 0.4) is 0 Å². The molecule has 1 amide bonds. The van der Waals surface area contributed by atoms with Crippen molar-refractivity contribution in [1.82, 2.24) is 20.1 Å². The Morgan fingerprint density at radius 1 is 1.45 bits per heavy atom. The van der Waals surface area contributed by atoms with Crippen molar-refractivity contribution >= 4 is 29.1 Å². The van der Waals surface area contributed by atoms with Crippen LogP contribution in [0.4, 0.5) is 0 Å². The standard InChI is InChI=1S/C14H16Cl2N4O2/c1-10(22-13-4-3-11(15)7-12(13)16)14(21)18-5-2-6-20-9-17-8-19-20/h3-4,7-10H,2,5-6H2,1H3,(H,18,21). The van der Waals surface area contributed by atoms with Gasteiger partial charge in [0.05, 0.1) is 5.02 Å². The number of amides is 1. The van der Waals surface area contributed by atoms with Crippen molar-refractivity contribution in [3.8, 4) is 5.75 Å². The Kier molecular flexibility index (Phi) is 6.03. The second-order valence-corrected chi connectivity index (χ2v) is 5.48. The van der Waals surface area contributed by atoms with Gasteiger partial charge in [-0.1, -0.05) is 23.2 Å². The number of nitrogens with zero attached hydrogens (tertiary/aromatic N) is 3. The summed E-state index contributed by atoms with van der Waals surface area (Å²) in [5.74, 6) is 0.223. The van der Waals surface area contributed by atoms with Crippen LogP contribution in [-0.2, 0) is 11.3 Å². The summed E-state index contributed by atoms with van der Waals surface area (Å²) < 4.78 is 7.24. The van der Waals surface area contributed by atoms with E-state index in [-0.39, 0.29) is 5.91 Å². The topological polar surface area (TPSA) is 69.0 Å². The molecular formula is C14H16Cl2N4O2. The lowest BCUT2D eigenvalue weighted by Crippen LogP contribution is -2.37. The predicted octanol–water partition coefficient (Wildman–Crippen LogP) is 2.56. The Morgan fingerprint density at radius 2 is 2.27 bits per heavy atom. The first-order valence-corrected chi connectivity index (χ1v) is 7.53. The number of rotatable bonds is 7. The number of ether oxygens (including phenoxy) is 1. The smallest absolute Gasteiger partial charge is 0.260 e. The molecule has 0 spiro atoms. The number of halogens is 2. The lowest BCUT2D eigenvalue weighted by atomic mass is 10.3. The Hall–Kier alpha value is -1.79. The van der Waals surface area contributed by atoms with Crippen LogP contribution in [0.5, 0.6) is 5.75 Å². The molecule has 1 aromatic carbocycles. The summed E-state index contributed by atoms with van der Waals surface area (Å²) in [6.07, 6.45) is 3.22. The first-order chi connectivity index (χ1) is 10.6. The highest BCUT2D eigenvalue weighted by Gasteiger charge is 2.15. The molecule has 0 bridgehead atoms.